The fourth-order valence-corrected chi connectivity index (χ4v) is 4.28. The van der Waals surface area contributed by atoms with Crippen LogP contribution in [0.1, 0.15) is 5.69 Å². The zero-order valence-electron chi connectivity index (χ0n) is 13.5. The molecule has 2 aromatic rings. The summed E-state index contributed by atoms with van der Waals surface area (Å²) in [6.07, 6.45) is 0.332. The smallest absolute Gasteiger partial charge is 0.228 e. The second-order valence-corrected chi connectivity index (χ2v) is 7.17. The monoisotopic (exact) mass is 403 g/mol. The predicted molar refractivity (Wildman–Crippen MR) is 102 cm³/mol. The molecule has 2 aliphatic heterocycles. The molecule has 0 radical (unpaired) electrons. The van der Waals surface area contributed by atoms with Crippen LogP contribution in [-0.2, 0) is 11.2 Å². The second kappa shape index (κ2) is 8.45. The molecule has 0 saturated carbocycles. The third kappa shape index (κ3) is 4.31. The highest BCUT2D eigenvalue weighted by molar-refractivity contribution is 7.13. The van der Waals surface area contributed by atoms with Gasteiger partial charge in [-0.3, -0.25) is 4.79 Å². The number of carbonyl (C=O) groups excluding carboxylic acids is 1. The molecule has 0 bridgehead atoms. The Hall–Kier alpha value is -1.21. The molecule has 0 unspecified atom stereocenters. The van der Waals surface area contributed by atoms with Crippen LogP contribution in [0.4, 0.5) is 4.39 Å². The Labute approximate surface area is 162 Å². The molecule has 8 heteroatoms. The van der Waals surface area contributed by atoms with Crippen molar-refractivity contribution in [3.8, 4) is 10.6 Å². The molecule has 1 aromatic carbocycles. The zero-order chi connectivity index (χ0) is 15.8. The predicted octanol–water partition coefficient (Wildman–Crippen LogP) is 3.01. The summed E-state index contributed by atoms with van der Waals surface area (Å²) in [5.41, 5.74) is 1.53. The van der Waals surface area contributed by atoms with E-state index in [1.165, 1.54) is 23.5 Å². The molecule has 136 valence electrons. The topological polar surface area (TPSA) is 45.2 Å². The van der Waals surface area contributed by atoms with Crippen LogP contribution in [-0.4, -0.2) is 42.0 Å². The summed E-state index contributed by atoms with van der Waals surface area (Å²) in [5.74, 6) is 1.09. The van der Waals surface area contributed by atoms with E-state index in [0.29, 0.717) is 18.3 Å². The summed E-state index contributed by atoms with van der Waals surface area (Å²) in [6.45, 7) is 3.76. The fourth-order valence-electron chi connectivity index (χ4n) is 3.47. The SMILES string of the molecule is Cl.Cl.O=C(Cc1csc(-c2cccc(F)c2)n1)N1C[C@H]2CNC[C@H]2C1. The molecule has 0 aliphatic carbocycles. The third-order valence-electron chi connectivity index (χ3n) is 4.70. The Morgan fingerprint density at radius 1 is 1.28 bits per heavy atom. The lowest BCUT2D eigenvalue weighted by Gasteiger charge is -2.16. The Kier molecular flexibility index (Phi) is 6.79. The molecule has 2 atom stereocenters. The summed E-state index contributed by atoms with van der Waals surface area (Å²) in [6, 6.07) is 6.40. The lowest BCUT2D eigenvalue weighted by atomic mass is 10.0. The van der Waals surface area contributed by atoms with E-state index in [4.69, 9.17) is 0 Å². The number of hydrogen-bond donors (Lipinski definition) is 1. The van der Waals surface area contributed by atoms with E-state index in [9.17, 15) is 9.18 Å². The van der Waals surface area contributed by atoms with E-state index < -0.39 is 0 Å². The largest absolute Gasteiger partial charge is 0.342 e. The quantitative estimate of drug-likeness (QED) is 0.856. The van der Waals surface area contributed by atoms with Crippen LogP contribution in [0.2, 0.25) is 0 Å². The number of halogens is 3. The maximum absolute atomic E-state index is 13.3. The number of rotatable bonds is 3. The van der Waals surface area contributed by atoms with Gasteiger partial charge in [-0.1, -0.05) is 12.1 Å². The van der Waals surface area contributed by atoms with Crippen molar-refractivity contribution in [1.29, 1.82) is 0 Å². The average Bonchev–Trinajstić information content (AvgIpc) is 3.22. The van der Waals surface area contributed by atoms with Gasteiger partial charge in [0.1, 0.15) is 10.8 Å². The molecule has 1 amide bonds. The van der Waals surface area contributed by atoms with Gasteiger partial charge in [-0.2, -0.15) is 0 Å². The van der Waals surface area contributed by atoms with E-state index in [-0.39, 0.29) is 36.5 Å². The van der Waals surface area contributed by atoms with Crippen molar-refractivity contribution in [2.24, 2.45) is 11.8 Å². The highest BCUT2D eigenvalue weighted by Gasteiger charge is 2.37. The molecular formula is C17H20Cl2FN3OS. The van der Waals surface area contributed by atoms with Gasteiger partial charge in [0.2, 0.25) is 5.91 Å². The van der Waals surface area contributed by atoms with E-state index in [1.807, 2.05) is 16.3 Å². The molecule has 2 aliphatic rings. The molecule has 4 nitrogen and oxygen atoms in total. The van der Waals surface area contributed by atoms with Gasteiger partial charge in [0.15, 0.2) is 0 Å². The van der Waals surface area contributed by atoms with Gasteiger partial charge >= 0.3 is 0 Å². The van der Waals surface area contributed by atoms with Crippen molar-refractivity contribution in [3.63, 3.8) is 0 Å². The van der Waals surface area contributed by atoms with Gasteiger partial charge in [-0.25, -0.2) is 9.37 Å². The van der Waals surface area contributed by atoms with Gasteiger partial charge < -0.3 is 10.2 Å². The van der Waals surface area contributed by atoms with Crippen molar-refractivity contribution < 1.29 is 9.18 Å². The first-order valence-corrected chi connectivity index (χ1v) is 8.76. The van der Waals surface area contributed by atoms with Crippen molar-refractivity contribution in [1.82, 2.24) is 15.2 Å². The number of nitrogens with zero attached hydrogens (tertiary/aromatic N) is 2. The lowest BCUT2D eigenvalue weighted by Crippen LogP contribution is -2.33. The molecule has 1 N–H and O–H groups in total. The maximum Gasteiger partial charge on any atom is 0.228 e. The van der Waals surface area contributed by atoms with Crippen LogP contribution >= 0.6 is 36.2 Å². The van der Waals surface area contributed by atoms with Gasteiger partial charge in [-0.15, -0.1) is 36.2 Å². The number of fused-ring (bicyclic) bond motifs is 1. The Balaban J connectivity index is 0.00000113. The molecule has 0 spiro atoms. The Morgan fingerprint density at radius 3 is 2.68 bits per heavy atom. The summed E-state index contributed by atoms with van der Waals surface area (Å²) in [5, 5.41) is 6.04. The van der Waals surface area contributed by atoms with Crippen molar-refractivity contribution in [2.45, 2.75) is 6.42 Å². The number of aromatic nitrogens is 1. The van der Waals surface area contributed by atoms with Crippen LogP contribution in [0.25, 0.3) is 10.6 Å². The summed E-state index contributed by atoms with van der Waals surface area (Å²) < 4.78 is 13.3. The first-order valence-electron chi connectivity index (χ1n) is 7.88. The van der Waals surface area contributed by atoms with Gasteiger partial charge in [0.25, 0.3) is 0 Å². The van der Waals surface area contributed by atoms with Crippen LogP contribution in [0, 0.1) is 17.7 Å². The number of hydrogen-bond acceptors (Lipinski definition) is 4. The average molecular weight is 404 g/mol. The van der Waals surface area contributed by atoms with Crippen molar-refractivity contribution in [2.75, 3.05) is 26.2 Å². The van der Waals surface area contributed by atoms with Gasteiger partial charge in [0, 0.05) is 37.1 Å². The van der Waals surface area contributed by atoms with E-state index >= 15 is 0 Å². The molecule has 3 heterocycles. The summed E-state index contributed by atoms with van der Waals surface area (Å²) in [7, 11) is 0. The van der Waals surface area contributed by atoms with Crippen molar-refractivity contribution in [3.05, 3.63) is 41.2 Å². The minimum absolute atomic E-state index is 0. The zero-order valence-corrected chi connectivity index (χ0v) is 15.9. The number of nitrogens with one attached hydrogen (secondary N) is 1. The lowest BCUT2D eigenvalue weighted by molar-refractivity contribution is -0.129. The Bertz CT molecular complexity index is 730. The molecule has 2 fully saturated rings. The minimum atomic E-state index is -0.271. The molecule has 25 heavy (non-hydrogen) atoms. The van der Waals surface area contributed by atoms with Gasteiger partial charge in [-0.05, 0) is 24.0 Å². The van der Waals surface area contributed by atoms with Crippen LogP contribution in [0.15, 0.2) is 29.6 Å². The highest BCUT2D eigenvalue weighted by atomic mass is 35.5. The Morgan fingerprint density at radius 2 is 2.00 bits per heavy atom. The molecule has 4 rings (SSSR count). The van der Waals surface area contributed by atoms with Crippen molar-refractivity contribution >= 4 is 42.1 Å². The number of carbonyl (C=O) groups is 1. The first-order chi connectivity index (χ1) is 11.2. The van der Waals surface area contributed by atoms with Crippen LogP contribution < -0.4 is 5.32 Å². The molecular weight excluding hydrogens is 384 g/mol. The maximum atomic E-state index is 13.3. The number of amides is 1. The normalized spacial score (nSPS) is 21.4. The summed E-state index contributed by atoms with van der Waals surface area (Å²) >= 11 is 1.45. The number of benzene rings is 1. The molecule has 1 aromatic heterocycles. The van der Waals surface area contributed by atoms with Gasteiger partial charge in [0.05, 0.1) is 12.1 Å². The first kappa shape index (κ1) is 20.1. The van der Waals surface area contributed by atoms with E-state index in [1.54, 1.807) is 6.07 Å². The fraction of sp³-hybridized carbons (Fsp3) is 0.412. The second-order valence-electron chi connectivity index (χ2n) is 6.31. The number of likely N-dealkylation sites (tertiary alicyclic amines) is 1. The third-order valence-corrected chi connectivity index (χ3v) is 5.64. The van der Waals surface area contributed by atoms with E-state index in [0.717, 1.165) is 42.4 Å². The standard InChI is InChI=1S/C17H18FN3OS.2ClH/c18-14-3-1-2-11(4-14)17-20-15(10-23-17)5-16(22)21-8-12-6-19-7-13(12)9-21;;/h1-4,10,12-13,19H,5-9H2;2*1H/t12-,13+;;. The van der Waals surface area contributed by atoms with Crippen LogP contribution in [0.3, 0.4) is 0 Å². The minimum Gasteiger partial charge on any atom is -0.342 e. The van der Waals surface area contributed by atoms with E-state index in [2.05, 4.69) is 10.3 Å². The van der Waals surface area contributed by atoms with Crippen LogP contribution in [0.5, 0.6) is 0 Å². The summed E-state index contributed by atoms with van der Waals surface area (Å²) in [4.78, 5) is 18.9. The molecule has 2 saturated heterocycles. The number of thiazole rings is 1. The highest BCUT2D eigenvalue weighted by Crippen LogP contribution is 2.28.